The SMILES string of the molecule is O=C(Nc1ccc(CC(=O)N2CCOCC2)cc1)c1cc(=O)c2ccccc2o1. The van der Waals surface area contributed by atoms with E-state index < -0.39 is 5.91 Å². The predicted molar refractivity (Wildman–Crippen MR) is 108 cm³/mol. The van der Waals surface area contributed by atoms with Crippen LogP contribution in [0.3, 0.4) is 0 Å². The summed E-state index contributed by atoms with van der Waals surface area (Å²) in [5, 5.41) is 3.14. The van der Waals surface area contributed by atoms with Crippen molar-refractivity contribution >= 4 is 28.5 Å². The van der Waals surface area contributed by atoms with Crippen LogP contribution in [0.4, 0.5) is 5.69 Å². The lowest BCUT2D eigenvalue weighted by atomic mass is 10.1. The average molecular weight is 392 g/mol. The smallest absolute Gasteiger partial charge is 0.291 e. The average Bonchev–Trinajstić information content (AvgIpc) is 2.75. The summed E-state index contributed by atoms with van der Waals surface area (Å²) < 4.78 is 10.8. The minimum atomic E-state index is -0.509. The van der Waals surface area contributed by atoms with Gasteiger partial charge in [-0.1, -0.05) is 24.3 Å². The Bertz CT molecular complexity index is 1100. The molecule has 1 fully saturated rings. The third-order valence-corrected chi connectivity index (χ3v) is 4.79. The molecule has 7 heteroatoms. The number of para-hydroxylation sites is 1. The van der Waals surface area contributed by atoms with Crippen LogP contribution in [0.5, 0.6) is 0 Å². The first-order chi connectivity index (χ1) is 14.1. The van der Waals surface area contributed by atoms with Gasteiger partial charge in [0.1, 0.15) is 5.58 Å². The lowest BCUT2D eigenvalue weighted by molar-refractivity contribution is -0.134. The van der Waals surface area contributed by atoms with Crippen LogP contribution in [0.1, 0.15) is 16.1 Å². The molecule has 1 aliphatic rings. The van der Waals surface area contributed by atoms with E-state index in [1.54, 1.807) is 53.4 Å². The number of nitrogens with zero attached hydrogens (tertiary/aromatic N) is 1. The number of fused-ring (bicyclic) bond motifs is 1. The molecule has 0 aliphatic carbocycles. The molecule has 0 saturated carbocycles. The van der Waals surface area contributed by atoms with Gasteiger partial charge >= 0.3 is 0 Å². The van der Waals surface area contributed by atoms with Crippen molar-refractivity contribution in [2.45, 2.75) is 6.42 Å². The minimum Gasteiger partial charge on any atom is -0.451 e. The van der Waals surface area contributed by atoms with Crippen molar-refractivity contribution < 1.29 is 18.7 Å². The molecule has 2 aromatic carbocycles. The van der Waals surface area contributed by atoms with Crippen LogP contribution in [0.2, 0.25) is 0 Å². The van der Waals surface area contributed by atoms with Gasteiger partial charge < -0.3 is 19.4 Å². The van der Waals surface area contributed by atoms with Crippen LogP contribution in [-0.4, -0.2) is 43.0 Å². The van der Waals surface area contributed by atoms with Crippen molar-refractivity contribution in [3.63, 3.8) is 0 Å². The summed E-state index contributed by atoms with van der Waals surface area (Å²) >= 11 is 0. The second-order valence-electron chi connectivity index (χ2n) is 6.79. The van der Waals surface area contributed by atoms with Crippen molar-refractivity contribution in [3.8, 4) is 0 Å². The molecule has 0 unspecified atom stereocenters. The van der Waals surface area contributed by atoms with Gasteiger partial charge in [0.05, 0.1) is 25.0 Å². The maximum atomic E-state index is 12.5. The van der Waals surface area contributed by atoms with E-state index >= 15 is 0 Å². The number of benzene rings is 2. The van der Waals surface area contributed by atoms with Gasteiger partial charge in [-0.2, -0.15) is 0 Å². The fourth-order valence-electron chi connectivity index (χ4n) is 3.21. The number of nitrogens with one attached hydrogen (secondary N) is 1. The lowest BCUT2D eigenvalue weighted by Crippen LogP contribution is -2.41. The number of carbonyl (C=O) groups is 2. The fraction of sp³-hybridized carbons (Fsp3) is 0.227. The van der Waals surface area contributed by atoms with Crippen LogP contribution >= 0.6 is 0 Å². The molecule has 2 heterocycles. The highest BCUT2D eigenvalue weighted by Crippen LogP contribution is 2.15. The molecular formula is C22H20N2O5. The molecule has 1 aromatic heterocycles. The maximum Gasteiger partial charge on any atom is 0.291 e. The zero-order valence-corrected chi connectivity index (χ0v) is 15.7. The van der Waals surface area contributed by atoms with Gasteiger partial charge in [-0.15, -0.1) is 0 Å². The van der Waals surface area contributed by atoms with E-state index in [1.807, 2.05) is 0 Å². The molecule has 1 aliphatic heterocycles. The topological polar surface area (TPSA) is 88.9 Å². The highest BCUT2D eigenvalue weighted by Gasteiger charge is 2.17. The highest BCUT2D eigenvalue weighted by molar-refractivity contribution is 6.03. The Kier molecular flexibility index (Phi) is 5.39. The summed E-state index contributed by atoms with van der Waals surface area (Å²) in [6.45, 7) is 2.37. The van der Waals surface area contributed by atoms with E-state index in [4.69, 9.17) is 9.15 Å². The van der Waals surface area contributed by atoms with E-state index in [0.29, 0.717) is 49.4 Å². The number of anilines is 1. The molecule has 1 N–H and O–H groups in total. The first kappa shape index (κ1) is 18.9. The van der Waals surface area contributed by atoms with Gasteiger partial charge in [0, 0.05) is 24.8 Å². The molecule has 0 radical (unpaired) electrons. The molecule has 7 nitrogen and oxygen atoms in total. The monoisotopic (exact) mass is 392 g/mol. The molecule has 3 aromatic rings. The Hall–Kier alpha value is -3.45. The molecule has 0 atom stereocenters. The van der Waals surface area contributed by atoms with E-state index in [-0.39, 0.29) is 17.1 Å². The number of hydrogen-bond acceptors (Lipinski definition) is 5. The van der Waals surface area contributed by atoms with Crippen LogP contribution in [0, 0.1) is 0 Å². The molecule has 2 amide bonds. The number of ether oxygens (including phenoxy) is 1. The van der Waals surface area contributed by atoms with Gasteiger partial charge in [0.2, 0.25) is 5.91 Å². The second kappa shape index (κ2) is 8.28. The molecular weight excluding hydrogens is 372 g/mol. The van der Waals surface area contributed by atoms with Crippen molar-refractivity contribution in [1.29, 1.82) is 0 Å². The first-order valence-electron chi connectivity index (χ1n) is 9.39. The number of morpholine rings is 1. The summed E-state index contributed by atoms with van der Waals surface area (Å²) in [4.78, 5) is 38.7. The fourth-order valence-corrected chi connectivity index (χ4v) is 3.21. The molecule has 1 saturated heterocycles. The van der Waals surface area contributed by atoms with Crippen LogP contribution < -0.4 is 10.7 Å². The van der Waals surface area contributed by atoms with Crippen LogP contribution in [0.15, 0.2) is 63.8 Å². The van der Waals surface area contributed by atoms with E-state index in [9.17, 15) is 14.4 Å². The Labute approximate surface area is 166 Å². The Morgan fingerprint density at radius 1 is 1.00 bits per heavy atom. The van der Waals surface area contributed by atoms with E-state index in [1.165, 1.54) is 6.07 Å². The Morgan fingerprint density at radius 2 is 1.72 bits per heavy atom. The van der Waals surface area contributed by atoms with Crippen LogP contribution in [-0.2, 0) is 16.0 Å². The van der Waals surface area contributed by atoms with Gasteiger partial charge in [-0.3, -0.25) is 14.4 Å². The summed E-state index contributed by atoms with van der Waals surface area (Å²) in [5.74, 6) is -0.506. The van der Waals surface area contributed by atoms with Crippen molar-refractivity contribution in [3.05, 3.63) is 76.1 Å². The molecule has 0 spiro atoms. The number of carbonyl (C=O) groups excluding carboxylic acids is 2. The van der Waals surface area contributed by atoms with Crippen molar-refractivity contribution in [2.75, 3.05) is 31.6 Å². The Morgan fingerprint density at radius 3 is 2.48 bits per heavy atom. The second-order valence-corrected chi connectivity index (χ2v) is 6.79. The number of hydrogen-bond donors (Lipinski definition) is 1. The predicted octanol–water partition coefficient (Wildman–Crippen LogP) is 2.45. The zero-order valence-electron chi connectivity index (χ0n) is 15.7. The summed E-state index contributed by atoms with van der Waals surface area (Å²) in [6, 6.07) is 15.0. The molecule has 148 valence electrons. The third kappa shape index (κ3) is 4.35. The van der Waals surface area contributed by atoms with E-state index in [2.05, 4.69) is 5.32 Å². The van der Waals surface area contributed by atoms with Gasteiger partial charge in [-0.25, -0.2) is 0 Å². The number of rotatable bonds is 4. The quantitative estimate of drug-likeness (QED) is 0.737. The van der Waals surface area contributed by atoms with E-state index in [0.717, 1.165) is 5.56 Å². The van der Waals surface area contributed by atoms with Gasteiger partial charge in [0.25, 0.3) is 5.91 Å². The van der Waals surface area contributed by atoms with Crippen LogP contribution in [0.25, 0.3) is 11.0 Å². The minimum absolute atomic E-state index is 0.0553. The third-order valence-electron chi connectivity index (χ3n) is 4.79. The largest absolute Gasteiger partial charge is 0.451 e. The molecule has 4 rings (SSSR count). The lowest BCUT2D eigenvalue weighted by Gasteiger charge is -2.26. The maximum absolute atomic E-state index is 12.5. The standard InChI is InChI=1S/C22H20N2O5/c25-18-14-20(29-19-4-2-1-3-17(18)19)22(27)23-16-7-5-15(6-8-16)13-21(26)24-9-11-28-12-10-24/h1-8,14H,9-13H2,(H,23,27). The normalized spacial score (nSPS) is 14.0. The zero-order chi connectivity index (χ0) is 20.2. The summed E-state index contributed by atoms with van der Waals surface area (Å²) in [7, 11) is 0. The number of amides is 2. The van der Waals surface area contributed by atoms with Crippen molar-refractivity contribution in [1.82, 2.24) is 4.90 Å². The highest BCUT2D eigenvalue weighted by atomic mass is 16.5. The van der Waals surface area contributed by atoms with Gasteiger partial charge in [-0.05, 0) is 29.8 Å². The summed E-state index contributed by atoms with van der Waals surface area (Å²) in [6.07, 6.45) is 0.299. The molecule has 29 heavy (non-hydrogen) atoms. The van der Waals surface area contributed by atoms with Gasteiger partial charge in [0.15, 0.2) is 11.2 Å². The molecule has 0 bridgehead atoms. The first-order valence-corrected chi connectivity index (χ1v) is 9.39. The Balaban J connectivity index is 1.42. The summed E-state index contributed by atoms with van der Waals surface area (Å²) in [5.41, 5.74) is 1.50. The van der Waals surface area contributed by atoms with Crippen molar-refractivity contribution in [2.24, 2.45) is 0 Å².